The van der Waals surface area contributed by atoms with Crippen LogP contribution in [0.5, 0.6) is 0 Å². The van der Waals surface area contributed by atoms with E-state index in [0.29, 0.717) is 13.0 Å². The van der Waals surface area contributed by atoms with Crippen molar-refractivity contribution >= 4 is 12.0 Å². The highest BCUT2D eigenvalue weighted by molar-refractivity contribution is 5.86. The minimum Gasteiger partial charge on any atom is -0.445 e. The standard InChI is InChI=1S/C17H24N2O5/c20-11-9-18(10-12-21)16(22)15-7-4-8-19(15)17(23)24-13-14-5-2-1-3-6-14/h1-3,5-6,15,20-21H,4,7-13H2/t15-/m0/s1. The van der Waals surface area contributed by atoms with Gasteiger partial charge in [-0.05, 0) is 18.4 Å². The number of amides is 2. The second kappa shape index (κ2) is 9.24. The van der Waals surface area contributed by atoms with Crippen LogP contribution in [0.3, 0.4) is 0 Å². The lowest BCUT2D eigenvalue weighted by Gasteiger charge is -2.29. The number of hydrogen-bond acceptors (Lipinski definition) is 5. The fourth-order valence-corrected chi connectivity index (χ4v) is 2.83. The lowest BCUT2D eigenvalue weighted by atomic mass is 10.2. The molecule has 0 aliphatic carbocycles. The topological polar surface area (TPSA) is 90.3 Å². The van der Waals surface area contributed by atoms with Gasteiger partial charge in [-0.2, -0.15) is 0 Å². The van der Waals surface area contributed by atoms with Crippen LogP contribution in [0.2, 0.25) is 0 Å². The molecule has 1 aromatic carbocycles. The number of aliphatic hydroxyl groups is 2. The summed E-state index contributed by atoms with van der Waals surface area (Å²) in [5.74, 6) is -0.257. The summed E-state index contributed by atoms with van der Waals surface area (Å²) in [6.45, 7) is 0.545. The van der Waals surface area contributed by atoms with E-state index in [1.807, 2.05) is 30.3 Å². The number of carbonyl (C=O) groups excluding carboxylic acids is 2. The van der Waals surface area contributed by atoms with Gasteiger partial charge >= 0.3 is 6.09 Å². The first-order valence-electron chi connectivity index (χ1n) is 8.15. The van der Waals surface area contributed by atoms with E-state index in [1.54, 1.807) is 0 Å². The molecule has 0 bridgehead atoms. The van der Waals surface area contributed by atoms with Gasteiger partial charge in [-0.15, -0.1) is 0 Å². The van der Waals surface area contributed by atoms with Crippen LogP contribution < -0.4 is 0 Å². The van der Waals surface area contributed by atoms with Crippen molar-refractivity contribution in [3.8, 4) is 0 Å². The number of benzene rings is 1. The third-order valence-corrected chi connectivity index (χ3v) is 4.03. The summed E-state index contributed by atoms with van der Waals surface area (Å²) < 4.78 is 5.31. The summed E-state index contributed by atoms with van der Waals surface area (Å²) in [6, 6.07) is 8.76. The maximum atomic E-state index is 12.6. The molecule has 7 nitrogen and oxygen atoms in total. The van der Waals surface area contributed by atoms with E-state index in [2.05, 4.69) is 0 Å². The molecule has 1 aromatic rings. The minimum absolute atomic E-state index is 0.142. The first-order chi connectivity index (χ1) is 11.7. The van der Waals surface area contributed by atoms with E-state index in [4.69, 9.17) is 14.9 Å². The third kappa shape index (κ3) is 4.69. The Hall–Kier alpha value is -2.12. The van der Waals surface area contributed by atoms with Crippen LogP contribution in [0.15, 0.2) is 30.3 Å². The van der Waals surface area contributed by atoms with Crippen LogP contribution >= 0.6 is 0 Å². The first-order valence-corrected chi connectivity index (χ1v) is 8.15. The number of carbonyl (C=O) groups is 2. The number of rotatable bonds is 7. The van der Waals surface area contributed by atoms with Gasteiger partial charge in [-0.3, -0.25) is 9.69 Å². The average molecular weight is 336 g/mol. The van der Waals surface area contributed by atoms with Gasteiger partial charge in [0.15, 0.2) is 0 Å². The Balaban J connectivity index is 1.95. The molecule has 24 heavy (non-hydrogen) atoms. The molecule has 0 radical (unpaired) electrons. The van der Waals surface area contributed by atoms with E-state index in [-0.39, 0.29) is 38.8 Å². The van der Waals surface area contributed by atoms with Gasteiger partial charge in [0.25, 0.3) is 0 Å². The number of aliphatic hydroxyl groups excluding tert-OH is 2. The highest BCUT2D eigenvalue weighted by Gasteiger charge is 2.37. The summed E-state index contributed by atoms with van der Waals surface area (Å²) in [7, 11) is 0. The van der Waals surface area contributed by atoms with Crippen LogP contribution in [0, 0.1) is 0 Å². The summed E-state index contributed by atoms with van der Waals surface area (Å²) in [6.07, 6.45) is 0.776. The maximum absolute atomic E-state index is 12.6. The number of hydrogen-bond donors (Lipinski definition) is 2. The predicted molar refractivity (Wildman–Crippen MR) is 87.1 cm³/mol. The fourth-order valence-electron chi connectivity index (χ4n) is 2.83. The maximum Gasteiger partial charge on any atom is 0.410 e. The molecule has 0 aromatic heterocycles. The zero-order chi connectivity index (χ0) is 17.4. The van der Waals surface area contributed by atoms with E-state index in [0.717, 1.165) is 12.0 Å². The van der Waals surface area contributed by atoms with Crippen molar-refractivity contribution in [2.75, 3.05) is 32.8 Å². The lowest BCUT2D eigenvalue weighted by Crippen LogP contribution is -2.49. The Morgan fingerprint density at radius 1 is 1.17 bits per heavy atom. The fraction of sp³-hybridized carbons (Fsp3) is 0.529. The monoisotopic (exact) mass is 336 g/mol. The Morgan fingerprint density at radius 2 is 1.83 bits per heavy atom. The second-order valence-corrected chi connectivity index (χ2v) is 5.66. The predicted octanol–water partition coefficient (Wildman–Crippen LogP) is 0.601. The quantitative estimate of drug-likeness (QED) is 0.761. The zero-order valence-corrected chi connectivity index (χ0v) is 13.6. The molecule has 2 rings (SSSR count). The molecule has 0 unspecified atom stereocenters. The largest absolute Gasteiger partial charge is 0.445 e. The molecule has 0 saturated carbocycles. The summed E-state index contributed by atoms with van der Waals surface area (Å²) in [4.78, 5) is 27.7. The molecule has 1 heterocycles. The van der Waals surface area contributed by atoms with Crippen molar-refractivity contribution in [1.29, 1.82) is 0 Å². The molecular formula is C17H24N2O5. The highest BCUT2D eigenvalue weighted by Crippen LogP contribution is 2.21. The van der Waals surface area contributed by atoms with Gasteiger partial charge in [0.2, 0.25) is 5.91 Å². The average Bonchev–Trinajstić information content (AvgIpc) is 3.09. The van der Waals surface area contributed by atoms with E-state index >= 15 is 0 Å². The number of nitrogens with zero attached hydrogens (tertiary/aromatic N) is 2. The molecule has 1 saturated heterocycles. The van der Waals surface area contributed by atoms with E-state index in [1.165, 1.54) is 9.80 Å². The molecule has 132 valence electrons. The van der Waals surface area contributed by atoms with Crippen molar-refractivity contribution < 1.29 is 24.5 Å². The molecule has 0 spiro atoms. The van der Waals surface area contributed by atoms with Gasteiger partial charge < -0.3 is 19.8 Å². The second-order valence-electron chi connectivity index (χ2n) is 5.66. The Labute approximate surface area is 141 Å². The molecule has 1 aliphatic rings. The first kappa shape index (κ1) is 18.2. The molecule has 1 atom stereocenters. The van der Waals surface area contributed by atoms with Gasteiger partial charge in [0, 0.05) is 19.6 Å². The summed E-state index contributed by atoms with van der Waals surface area (Å²) in [5.41, 5.74) is 0.884. The van der Waals surface area contributed by atoms with E-state index < -0.39 is 12.1 Å². The molecule has 2 N–H and O–H groups in total. The van der Waals surface area contributed by atoms with Crippen molar-refractivity contribution in [3.63, 3.8) is 0 Å². The number of likely N-dealkylation sites (tertiary alicyclic amines) is 1. The van der Waals surface area contributed by atoms with Crippen molar-refractivity contribution in [2.24, 2.45) is 0 Å². The molecule has 2 amide bonds. The van der Waals surface area contributed by atoms with Crippen molar-refractivity contribution in [2.45, 2.75) is 25.5 Å². The molecule has 1 aliphatic heterocycles. The molecule has 1 fully saturated rings. The SMILES string of the molecule is O=C([C@@H]1CCCN1C(=O)OCc1ccccc1)N(CCO)CCO. The van der Waals surface area contributed by atoms with Crippen molar-refractivity contribution in [3.05, 3.63) is 35.9 Å². The minimum atomic E-state index is -0.591. The Morgan fingerprint density at radius 3 is 2.46 bits per heavy atom. The van der Waals surface area contributed by atoms with Crippen LogP contribution in [0.25, 0.3) is 0 Å². The number of ether oxygens (including phenoxy) is 1. The van der Waals surface area contributed by atoms with Crippen LogP contribution in [-0.4, -0.2) is 70.9 Å². The Bertz CT molecular complexity index is 531. The van der Waals surface area contributed by atoms with Gasteiger partial charge in [-0.1, -0.05) is 30.3 Å². The third-order valence-electron chi connectivity index (χ3n) is 4.03. The molecule has 7 heteroatoms. The van der Waals surface area contributed by atoms with Crippen molar-refractivity contribution in [1.82, 2.24) is 9.80 Å². The lowest BCUT2D eigenvalue weighted by molar-refractivity contribution is -0.136. The van der Waals surface area contributed by atoms with Crippen LogP contribution in [-0.2, 0) is 16.1 Å². The van der Waals surface area contributed by atoms with Gasteiger partial charge in [-0.25, -0.2) is 4.79 Å². The zero-order valence-electron chi connectivity index (χ0n) is 13.6. The smallest absolute Gasteiger partial charge is 0.410 e. The summed E-state index contributed by atoms with van der Waals surface area (Å²) in [5, 5.41) is 18.1. The van der Waals surface area contributed by atoms with Crippen LogP contribution in [0.4, 0.5) is 4.79 Å². The van der Waals surface area contributed by atoms with Gasteiger partial charge in [0.05, 0.1) is 13.2 Å². The summed E-state index contributed by atoms with van der Waals surface area (Å²) >= 11 is 0. The molecular weight excluding hydrogens is 312 g/mol. The van der Waals surface area contributed by atoms with Crippen LogP contribution in [0.1, 0.15) is 18.4 Å². The highest BCUT2D eigenvalue weighted by atomic mass is 16.6. The normalized spacial score (nSPS) is 16.9. The Kier molecular flexibility index (Phi) is 7.02. The van der Waals surface area contributed by atoms with E-state index in [9.17, 15) is 9.59 Å². The van der Waals surface area contributed by atoms with Gasteiger partial charge in [0.1, 0.15) is 12.6 Å².